The second-order valence-corrected chi connectivity index (χ2v) is 7.82. The van der Waals surface area contributed by atoms with Gasteiger partial charge in [0.15, 0.2) is 0 Å². The van der Waals surface area contributed by atoms with Gasteiger partial charge in [-0.05, 0) is 36.9 Å². The molecular weight excluding hydrogens is 332 g/mol. The molecule has 1 saturated carbocycles. The minimum atomic E-state index is -1.14. The summed E-state index contributed by atoms with van der Waals surface area (Å²) in [5.74, 6) is -1.37. The van der Waals surface area contributed by atoms with Crippen molar-refractivity contribution in [3.63, 3.8) is 0 Å². The molecule has 0 aromatic carbocycles. The number of carbonyl (C=O) groups is 3. The van der Waals surface area contributed by atoms with Crippen LogP contribution in [-0.4, -0.2) is 45.6 Å². The van der Waals surface area contributed by atoms with Crippen molar-refractivity contribution in [3.8, 4) is 0 Å². The van der Waals surface area contributed by atoms with E-state index in [9.17, 15) is 14.4 Å². The summed E-state index contributed by atoms with van der Waals surface area (Å²) in [4.78, 5) is 33.7. The van der Waals surface area contributed by atoms with Gasteiger partial charge in [0.2, 0.25) is 5.91 Å². The van der Waals surface area contributed by atoms with Gasteiger partial charge in [0.05, 0.1) is 0 Å². The molecule has 8 heteroatoms. The zero-order chi connectivity index (χ0) is 18.3. The highest BCUT2D eigenvalue weighted by atomic mass is 32.2. The van der Waals surface area contributed by atoms with Gasteiger partial charge >= 0.3 is 11.9 Å². The molecule has 7 nitrogen and oxygen atoms in total. The number of rotatable bonds is 11. The zero-order valence-corrected chi connectivity index (χ0v) is 14.9. The molecule has 0 spiro atoms. The highest BCUT2D eigenvalue weighted by Crippen LogP contribution is 2.51. The molecular formula is C16H26N2O5S. The lowest BCUT2D eigenvalue weighted by molar-refractivity contribution is -0.138. The molecule has 0 saturated heterocycles. The number of nitrogens with one attached hydrogen (secondary N) is 1. The maximum atomic E-state index is 12.0. The molecule has 24 heavy (non-hydrogen) atoms. The van der Waals surface area contributed by atoms with Crippen molar-refractivity contribution < 1.29 is 24.6 Å². The molecule has 0 aromatic heterocycles. The predicted molar refractivity (Wildman–Crippen MR) is 92.5 cm³/mol. The first-order valence-corrected chi connectivity index (χ1v) is 9.11. The predicted octanol–water partition coefficient (Wildman–Crippen LogP) is 1.43. The summed E-state index contributed by atoms with van der Waals surface area (Å²) in [7, 11) is 0. The van der Waals surface area contributed by atoms with Crippen LogP contribution in [0.4, 0.5) is 0 Å². The van der Waals surface area contributed by atoms with Crippen molar-refractivity contribution in [2.45, 2.75) is 45.6 Å². The van der Waals surface area contributed by atoms with E-state index >= 15 is 0 Å². The summed E-state index contributed by atoms with van der Waals surface area (Å²) in [6.07, 6.45) is 4.44. The Hall–Kier alpha value is -1.54. The molecule has 0 unspecified atom stereocenters. The highest BCUT2D eigenvalue weighted by molar-refractivity contribution is 7.99. The number of hydrogen-bond acceptors (Lipinski definition) is 5. The Kier molecular flexibility index (Phi) is 7.75. The summed E-state index contributed by atoms with van der Waals surface area (Å²) in [5.41, 5.74) is 5.28. The van der Waals surface area contributed by atoms with E-state index in [-0.39, 0.29) is 22.9 Å². The molecule has 0 aromatic rings. The number of allylic oxidation sites excluding steroid dienone is 1. The third kappa shape index (κ3) is 6.92. The Morgan fingerprint density at radius 1 is 1.33 bits per heavy atom. The average Bonchev–Trinajstić information content (AvgIpc) is 3.13. The molecule has 0 aliphatic heterocycles. The summed E-state index contributed by atoms with van der Waals surface area (Å²) in [5, 5.41) is 20.3. The Morgan fingerprint density at radius 2 is 1.96 bits per heavy atom. The van der Waals surface area contributed by atoms with Crippen molar-refractivity contribution in [3.05, 3.63) is 11.8 Å². The number of carbonyl (C=O) groups excluding carboxylic acids is 1. The van der Waals surface area contributed by atoms with E-state index < -0.39 is 18.0 Å². The molecule has 0 bridgehead atoms. The van der Waals surface area contributed by atoms with E-state index in [1.54, 1.807) is 0 Å². The van der Waals surface area contributed by atoms with Gasteiger partial charge in [0, 0.05) is 11.7 Å². The summed E-state index contributed by atoms with van der Waals surface area (Å²) in [6.45, 7) is 3.96. The van der Waals surface area contributed by atoms with Crippen LogP contribution >= 0.6 is 11.8 Å². The van der Waals surface area contributed by atoms with Crippen LogP contribution in [0.5, 0.6) is 0 Å². The number of nitrogens with two attached hydrogens (primary N) is 1. The van der Waals surface area contributed by atoms with Crippen molar-refractivity contribution in [2.75, 3.05) is 11.5 Å². The van der Waals surface area contributed by atoms with E-state index in [0.29, 0.717) is 12.2 Å². The van der Waals surface area contributed by atoms with Crippen LogP contribution in [0.1, 0.15) is 39.5 Å². The molecule has 0 radical (unpaired) electrons. The SMILES string of the molecule is CC1(C)C[C@H]1C(=O)N/C(=C/CCCCSC[C@H](N)C(=O)O)C(=O)O. The van der Waals surface area contributed by atoms with Gasteiger partial charge in [-0.3, -0.25) is 9.59 Å². The summed E-state index contributed by atoms with van der Waals surface area (Å²) >= 11 is 1.46. The van der Waals surface area contributed by atoms with Gasteiger partial charge in [0.25, 0.3) is 0 Å². The van der Waals surface area contributed by atoms with Gasteiger partial charge in [-0.1, -0.05) is 19.9 Å². The highest BCUT2D eigenvalue weighted by Gasteiger charge is 2.50. The fraction of sp³-hybridized carbons (Fsp3) is 0.688. The normalized spacial score (nSPS) is 20.3. The van der Waals surface area contributed by atoms with Crippen molar-refractivity contribution in [2.24, 2.45) is 17.1 Å². The molecule has 0 heterocycles. The molecule has 1 rings (SSSR count). The maximum absolute atomic E-state index is 12.0. The van der Waals surface area contributed by atoms with E-state index in [0.717, 1.165) is 25.0 Å². The Bertz CT molecular complexity index is 519. The maximum Gasteiger partial charge on any atom is 0.352 e. The van der Waals surface area contributed by atoms with Crippen LogP contribution in [0.3, 0.4) is 0 Å². The summed E-state index contributed by atoms with van der Waals surface area (Å²) in [6, 6.07) is -0.851. The molecule has 5 N–H and O–H groups in total. The smallest absolute Gasteiger partial charge is 0.352 e. The quantitative estimate of drug-likeness (QED) is 0.325. The van der Waals surface area contributed by atoms with Gasteiger partial charge < -0.3 is 21.3 Å². The van der Waals surface area contributed by atoms with E-state index in [1.807, 2.05) is 13.8 Å². The number of unbranched alkanes of at least 4 members (excludes halogenated alkanes) is 2. The minimum Gasteiger partial charge on any atom is -0.480 e. The second-order valence-electron chi connectivity index (χ2n) is 6.67. The van der Waals surface area contributed by atoms with Crippen molar-refractivity contribution in [1.82, 2.24) is 5.32 Å². The monoisotopic (exact) mass is 358 g/mol. The third-order valence-corrected chi connectivity index (χ3v) is 5.20. The first-order chi connectivity index (χ1) is 11.1. The molecule has 1 aliphatic carbocycles. The largest absolute Gasteiger partial charge is 0.480 e. The van der Waals surface area contributed by atoms with Crippen LogP contribution in [0, 0.1) is 11.3 Å². The number of carboxylic acids is 2. The lowest BCUT2D eigenvalue weighted by Gasteiger charge is -2.08. The minimum absolute atomic E-state index is 0.0400. The van der Waals surface area contributed by atoms with Gasteiger partial charge in [-0.25, -0.2) is 4.79 Å². The first-order valence-electron chi connectivity index (χ1n) is 7.95. The van der Waals surface area contributed by atoms with Crippen LogP contribution in [0.15, 0.2) is 11.8 Å². The van der Waals surface area contributed by atoms with Gasteiger partial charge in [-0.15, -0.1) is 0 Å². The molecule has 2 atom stereocenters. The lowest BCUT2D eigenvalue weighted by Crippen LogP contribution is -2.32. The van der Waals surface area contributed by atoms with Crippen molar-refractivity contribution >= 4 is 29.6 Å². The Morgan fingerprint density at radius 3 is 2.46 bits per heavy atom. The van der Waals surface area contributed by atoms with E-state index in [1.165, 1.54) is 17.8 Å². The second kappa shape index (κ2) is 9.08. The number of aliphatic carboxylic acids is 2. The van der Waals surface area contributed by atoms with Crippen LogP contribution in [0.25, 0.3) is 0 Å². The van der Waals surface area contributed by atoms with Gasteiger partial charge in [-0.2, -0.15) is 11.8 Å². The fourth-order valence-corrected chi connectivity index (χ4v) is 3.17. The standard InChI is InChI=1S/C16H26N2O5S/c1-16(2)8-10(16)13(19)18-12(15(22)23)6-4-3-5-7-24-9-11(17)14(20)21/h6,10-11H,3-5,7-9,17H2,1-2H3,(H,18,19)(H,20,21)(H,22,23)/b12-6+/t10-,11-/m0/s1. The third-order valence-electron chi connectivity index (χ3n) is 4.02. The Balaban J connectivity index is 2.25. The number of amides is 1. The van der Waals surface area contributed by atoms with Gasteiger partial charge in [0.1, 0.15) is 11.7 Å². The van der Waals surface area contributed by atoms with Crippen LogP contribution < -0.4 is 11.1 Å². The molecule has 1 aliphatic rings. The zero-order valence-electron chi connectivity index (χ0n) is 14.1. The number of carboxylic acid groups (broad SMARTS) is 2. The summed E-state index contributed by atoms with van der Waals surface area (Å²) < 4.78 is 0. The Labute approximate surface area is 146 Å². The topological polar surface area (TPSA) is 130 Å². The van der Waals surface area contributed by atoms with Crippen molar-refractivity contribution in [1.29, 1.82) is 0 Å². The molecule has 136 valence electrons. The van der Waals surface area contributed by atoms with Crippen LogP contribution in [-0.2, 0) is 14.4 Å². The molecule has 1 fully saturated rings. The van der Waals surface area contributed by atoms with E-state index in [2.05, 4.69) is 5.32 Å². The number of thioether (sulfide) groups is 1. The fourth-order valence-electron chi connectivity index (χ4n) is 2.20. The first kappa shape index (κ1) is 20.5. The van der Waals surface area contributed by atoms with Crippen LogP contribution in [0.2, 0.25) is 0 Å². The van der Waals surface area contributed by atoms with E-state index in [4.69, 9.17) is 15.9 Å². The molecule has 1 amide bonds. The lowest BCUT2D eigenvalue weighted by atomic mass is 10.1. The number of hydrogen-bond donors (Lipinski definition) is 4. The average molecular weight is 358 g/mol.